The van der Waals surface area contributed by atoms with E-state index in [4.69, 9.17) is 4.74 Å². The Morgan fingerprint density at radius 3 is 2.91 bits per heavy atom. The van der Waals surface area contributed by atoms with Crippen molar-refractivity contribution in [3.63, 3.8) is 0 Å². The maximum absolute atomic E-state index is 9.51. The highest BCUT2D eigenvalue weighted by Gasteiger charge is 2.19. The molecule has 118 valence electrons. The minimum Gasteiger partial charge on any atom is -0.488 e. The van der Waals surface area contributed by atoms with Crippen molar-refractivity contribution in [2.45, 2.75) is 46.1 Å². The topological polar surface area (TPSA) is 45.9 Å². The summed E-state index contributed by atoms with van der Waals surface area (Å²) >= 11 is 0. The van der Waals surface area contributed by atoms with Gasteiger partial charge in [-0.3, -0.25) is 4.98 Å². The quantitative estimate of drug-likeness (QED) is 0.739. The molecule has 1 aliphatic heterocycles. The van der Waals surface area contributed by atoms with Gasteiger partial charge in [0, 0.05) is 23.5 Å². The molecule has 0 radical (unpaired) electrons. The molecule has 0 atom stereocenters. The Bertz CT molecular complexity index is 744. The maximum Gasteiger partial charge on any atom is 0.128 e. The summed E-state index contributed by atoms with van der Waals surface area (Å²) in [4.78, 5) is 4.15. The van der Waals surface area contributed by atoms with Gasteiger partial charge in [0.05, 0.1) is 11.6 Å². The highest BCUT2D eigenvalue weighted by Crippen LogP contribution is 2.39. The van der Waals surface area contributed by atoms with Gasteiger partial charge in [-0.05, 0) is 48.1 Å². The van der Waals surface area contributed by atoms with E-state index in [1.807, 2.05) is 18.3 Å². The average molecular weight is 306 g/mol. The number of unbranched alkanes of at least 4 members (excludes halogenated alkanes) is 1. The molecule has 0 saturated carbocycles. The van der Waals surface area contributed by atoms with Crippen molar-refractivity contribution in [1.82, 2.24) is 4.98 Å². The van der Waals surface area contributed by atoms with Crippen molar-refractivity contribution >= 4 is 0 Å². The number of benzene rings is 1. The van der Waals surface area contributed by atoms with Gasteiger partial charge in [0.15, 0.2) is 0 Å². The second-order valence-corrected chi connectivity index (χ2v) is 6.58. The summed E-state index contributed by atoms with van der Waals surface area (Å²) < 4.78 is 5.89. The zero-order valence-corrected chi connectivity index (χ0v) is 13.8. The number of hydrogen-bond acceptors (Lipinski definition) is 3. The standard InChI is InChI=1S/C20H22N2O/c1-14(2)5-3-4-6-15-10-20-19(9-16(15)11-21)18-7-8-22-12-17(18)13-23-20/h7-10,12,14H,3-6,13H2,1-2H3. The number of aromatic nitrogens is 1. The second-order valence-electron chi connectivity index (χ2n) is 6.58. The first-order valence-electron chi connectivity index (χ1n) is 8.32. The van der Waals surface area contributed by atoms with Gasteiger partial charge < -0.3 is 4.74 Å². The van der Waals surface area contributed by atoms with Crippen LogP contribution in [0.15, 0.2) is 30.6 Å². The fraction of sp³-hybridized carbons (Fsp3) is 0.400. The van der Waals surface area contributed by atoms with E-state index in [1.165, 1.54) is 12.8 Å². The molecule has 0 bridgehead atoms. The molecular weight excluding hydrogens is 284 g/mol. The monoisotopic (exact) mass is 306 g/mol. The molecule has 3 rings (SSSR count). The Kier molecular flexibility index (Phi) is 4.62. The van der Waals surface area contributed by atoms with Crippen LogP contribution in [-0.2, 0) is 13.0 Å². The van der Waals surface area contributed by atoms with Crippen molar-refractivity contribution in [3.05, 3.63) is 47.3 Å². The van der Waals surface area contributed by atoms with Crippen molar-refractivity contribution in [1.29, 1.82) is 5.26 Å². The van der Waals surface area contributed by atoms with E-state index in [0.717, 1.165) is 52.3 Å². The lowest BCUT2D eigenvalue weighted by molar-refractivity contribution is 0.301. The molecule has 2 heterocycles. The first kappa shape index (κ1) is 15.6. The number of nitrogens with zero attached hydrogens (tertiary/aromatic N) is 2. The van der Waals surface area contributed by atoms with Crippen LogP contribution in [0.25, 0.3) is 11.1 Å². The van der Waals surface area contributed by atoms with Crippen LogP contribution >= 0.6 is 0 Å². The smallest absolute Gasteiger partial charge is 0.128 e. The van der Waals surface area contributed by atoms with Gasteiger partial charge in [0.25, 0.3) is 0 Å². The number of aryl methyl sites for hydroxylation is 1. The molecule has 0 unspecified atom stereocenters. The normalized spacial score (nSPS) is 12.3. The van der Waals surface area contributed by atoms with Gasteiger partial charge >= 0.3 is 0 Å². The lowest BCUT2D eigenvalue weighted by Crippen LogP contribution is -2.07. The van der Waals surface area contributed by atoms with Crippen LogP contribution in [0.1, 0.15) is 49.8 Å². The number of rotatable bonds is 5. The number of hydrogen-bond donors (Lipinski definition) is 0. The van der Waals surface area contributed by atoms with Crippen LogP contribution in [0, 0.1) is 17.2 Å². The van der Waals surface area contributed by atoms with Crippen LogP contribution in [0.3, 0.4) is 0 Å². The molecule has 3 nitrogen and oxygen atoms in total. The minimum atomic E-state index is 0.550. The lowest BCUT2D eigenvalue weighted by atomic mass is 9.92. The molecule has 23 heavy (non-hydrogen) atoms. The summed E-state index contributed by atoms with van der Waals surface area (Å²) in [5.74, 6) is 1.63. The van der Waals surface area contributed by atoms with Crippen LogP contribution in [0.2, 0.25) is 0 Å². The van der Waals surface area contributed by atoms with Crippen molar-refractivity contribution in [2.75, 3.05) is 0 Å². The average Bonchev–Trinajstić information content (AvgIpc) is 2.57. The highest BCUT2D eigenvalue weighted by atomic mass is 16.5. The van der Waals surface area contributed by atoms with E-state index in [2.05, 4.69) is 31.0 Å². The summed E-state index contributed by atoms with van der Waals surface area (Å²) in [5.41, 5.74) is 5.09. The molecule has 0 amide bonds. The van der Waals surface area contributed by atoms with E-state index < -0.39 is 0 Å². The molecule has 2 aromatic rings. The third kappa shape index (κ3) is 3.37. The fourth-order valence-electron chi connectivity index (χ4n) is 3.09. The largest absolute Gasteiger partial charge is 0.488 e. The Morgan fingerprint density at radius 1 is 1.26 bits per heavy atom. The molecule has 0 aliphatic carbocycles. The Morgan fingerprint density at radius 2 is 2.13 bits per heavy atom. The molecule has 0 fully saturated rings. The maximum atomic E-state index is 9.51. The number of pyridine rings is 1. The highest BCUT2D eigenvalue weighted by molar-refractivity contribution is 5.76. The van der Waals surface area contributed by atoms with Crippen LogP contribution < -0.4 is 4.74 Å². The molecule has 0 saturated heterocycles. The third-order valence-corrected chi connectivity index (χ3v) is 4.38. The van der Waals surface area contributed by atoms with E-state index in [-0.39, 0.29) is 0 Å². The Balaban J connectivity index is 1.86. The van der Waals surface area contributed by atoms with Crippen LogP contribution in [-0.4, -0.2) is 4.98 Å². The summed E-state index contributed by atoms with van der Waals surface area (Å²) in [6.45, 7) is 5.05. The number of nitriles is 1. The van der Waals surface area contributed by atoms with Crippen molar-refractivity contribution in [2.24, 2.45) is 5.92 Å². The predicted molar refractivity (Wildman–Crippen MR) is 91.1 cm³/mol. The minimum absolute atomic E-state index is 0.550. The molecule has 3 heteroatoms. The Hall–Kier alpha value is -2.34. The van der Waals surface area contributed by atoms with Gasteiger partial charge in [-0.25, -0.2) is 0 Å². The molecular formula is C20H22N2O. The van der Waals surface area contributed by atoms with E-state index >= 15 is 0 Å². The Labute approximate surface area is 137 Å². The summed E-state index contributed by atoms with van der Waals surface area (Å²) in [5, 5.41) is 9.51. The van der Waals surface area contributed by atoms with Crippen LogP contribution in [0.4, 0.5) is 0 Å². The summed E-state index contributed by atoms with van der Waals surface area (Å²) in [6, 6.07) is 8.39. The van der Waals surface area contributed by atoms with Crippen molar-refractivity contribution < 1.29 is 4.74 Å². The van der Waals surface area contributed by atoms with E-state index in [1.54, 1.807) is 6.20 Å². The van der Waals surface area contributed by atoms with Gasteiger partial charge in [-0.1, -0.05) is 26.7 Å². The van der Waals surface area contributed by atoms with Gasteiger partial charge in [0.2, 0.25) is 0 Å². The van der Waals surface area contributed by atoms with E-state index in [0.29, 0.717) is 6.61 Å². The SMILES string of the molecule is CC(C)CCCCc1cc2c(cc1C#N)-c1ccncc1CO2. The van der Waals surface area contributed by atoms with Crippen LogP contribution in [0.5, 0.6) is 5.75 Å². The van der Waals surface area contributed by atoms with Gasteiger partial charge in [0.1, 0.15) is 12.4 Å². The first-order valence-corrected chi connectivity index (χ1v) is 8.32. The fourth-order valence-corrected chi connectivity index (χ4v) is 3.09. The molecule has 1 aromatic carbocycles. The first-order chi connectivity index (χ1) is 11.2. The van der Waals surface area contributed by atoms with Crippen molar-refractivity contribution in [3.8, 4) is 22.9 Å². The molecule has 1 aliphatic rings. The van der Waals surface area contributed by atoms with Gasteiger partial charge in [-0.2, -0.15) is 5.26 Å². The number of fused-ring (bicyclic) bond motifs is 3. The summed E-state index contributed by atoms with van der Waals surface area (Å²) in [6.07, 6.45) is 8.13. The second kappa shape index (κ2) is 6.83. The predicted octanol–water partition coefficient (Wildman–Crippen LogP) is 4.88. The van der Waals surface area contributed by atoms with Gasteiger partial charge in [-0.15, -0.1) is 0 Å². The zero-order chi connectivity index (χ0) is 16.2. The summed E-state index contributed by atoms with van der Waals surface area (Å²) in [7, 11) is 0. The number of ether oxygens (including phenoxy) is 1. The molecule has 1 aromatic heterocycles. The zero-order valence-electron chi connectivity index (χ0n) is 13.8. The molecule has 0 N–H and O–H groups in total. The third-order valence-electron chi connectivity index (χ3n) is 4.38. The van der Waals surface area contributed by atoms with E-state index in [9.17, 15) is 5.26 Å². The molecule has 0 spiro atoms. The lowest BCUT2D eigenvalue weighted by Gasteiger charge is -2.21.